The van der Waals surface area contributed by atoms with Crippen LogP contribution in [0.3, 0.4) is 0 Å². The lowest BCUT2D eigenvalue weighted by Crippen LogP contribution is -2.44. The highest BCUT2D eigenvalue weighted by Crippen LogP contribution is 2.40. The van der Waals surface area contributed by atoms with E-state index in [1.807, 2.05) is 0 Å². The molecule has 2 aromatic rings. The lowest BCUT2D eigenvalue weighted by molar-refractivity contribution is -0.142. The lowest BCUT2D eigenvalue weighted by Gasteiger charge is -2.35. The Bertz CT molecular complexity index is 1260. The van der Waals surface area contributed by atoms with Crippen molar-refractivity contribution in [3.63, 3.8) is 0 Å². The number of anilines is 2. The van der Waals surface area contributed by atoms with Gasteiger partial charge in [-0.1, -0.05) is 6.07 Å². The Morgan fingerprint density at radius 3 is 2.44 bits per heavy atom. The number of carbonyl (C=O) groups excluding carboxylic acids is 2. The molecule has 0 saturated carbocycles. The first-order valence-corrected chi connectivity index (χ1v) is 12.1. The van der Waals surface area contributed by atoms with Gasteiger partial charge in [-0.3, -0.25) is 14.4 Å². The fourth-order valence-electron chi connectivity index (χ4n) is 3.37. The molecule has 1 unspecified atom stereocenters. The summed E-state index contributed by atoms with van der Waals surface area (Å²) in [5.41, 5.74) is -1.81. The topological polar surface area (TPSA) is 111 Å². The van der Waals surface area contributed by atoms with Crippen molar-refractivity contribution in [2.24, 2.45) is 0 Å². The predicted molar refractivity (Wildman–Crippen MR) is 123 cm³/mol. The van der Waals surface area contributed by atoms with Crippen LogP contribution in [0.4, 0.5) is 29.3 Å². The first-order valence-electron chi connectivity index (χ1n) is 10.7. The molecular weight excluding hydrogens is 505 g/mol. The molecule has 9 nitrogen and oxygen atoms in total. The fourth-order valence-corrected chi connectivity index (χ4v) is 4.92. The van der Waals surface area contributed by atoms with Gasteiger partial charge in [-0.15, -0.1) is 0 Å². The van der Waals surface area contributed by atoms with Crippen molar-refractivity contribution in [3.05, 3.63) is 48.0 Å². The smallest absolute Gasteiger partial charge is 0.416 e. The number of alkyl halides is 3. The molecule has 0 radical (unpaired) electrons. The summed E-state index contributed by atoms with van der Waals surface area (Å²) < 4.78 is 83.2. The van der Waals surface area contributed by atoms with Crippen molar-refractivity contribution >= 4 is 33.5 Å². The van der Waals surface area contributed by atoms with Crippen molar-refractivity contribution in [1.29, 1.82) is 0 Å². The van der Waals surface area contributed by atoms with Crippen LogP contribution in [0, 0.1) is 0 Å². The number of esters is 1. The Labute approximate surface area is 206 Å². The van der Waals surface area contributed by atoms with Crippen LogP contribution >= 0.6 is 0 Å². The van der Waals surface area contributed by atoms with Crippen molar-refractivity contribution < 1.29 is 45.4 Å². The molecule has 0 saturated heterocycles. The van der Waals surface area contributed by atoms with E-state index in [1.54, 1.807) is 20.8 Å². The maximum atomic E-state index is 13.5. The number of ether oxygens (including phenoxy) is 3. The molecule has 196 valence electrons. The summed E-state index contributed by atoms with van der Waals surface area (Å²) in [6, 6.07) is 7.41. The van der Waals surface area contributed by atoms with Gasteiger partial charge in [-0.2, -0.15) is 13.2 Å². The monoisotopic (exact) mass is 530 g/mol. The Morgan fingerprint density at radius 2 is 1.83 bits per heavy atom. The van der Waals surface area contributed by atoms with E-state index in [0.29, 0.717) is 6.07 Å². The van der Waals surface area contributed by atoms with E-state index < -0.39 is 57.0 Å². The molecule has 0 bridgehead atoms. The first kappa shape index (κ1) is 27.1. The van der Waals surface area contributed by atoms with Crippen molar-refractivity contribution in [1.82, 2.24) is 0 Å². The van der Waals surface area contributed by atoms with Crippen LogP contribution in [-0.2, 0) is 30.5 Å². The molecule has 1 heterocycles. The molecule has 1 atom stereocenters. The van der Waals surface area contributed by atoms with E-state index in [1.165, 1.54) is 18.2 Å². The number of hydrogen-bond donors (Lipinski definition) is 1. The third kappa shape index (κ3) is 6.39. The molecule has 1 aliphatic heterocycles. The van der Waals surface area contributed by atoms with Gasteiger partial charge in [0.05, 0.1) is 36.2 Å². The van der Waals surface area contributed by atoms with Gasteiger partial charge < -0.3 is 14.2 Å². The normalized spacial score (nSPS) is 16.0. The summed E-state index contributed by atoms with van der Waals surface area (Å²) in [5, 5.41) is 2.48. The molecular formula is C23H25F3N2O7S. The number of rotatable bonds is 5. The van der Waals surface area contributed by atoms with E-state index >= 15 is 0 Å². The average molecular weight is 531 g/mol. The standard InChI is InChI=1S/C23H25F3N2O7S/c1-22(2,3)35-21(30)27-15-8-9-19-18(11-15)28(13-16(34-19)12-20(29)33-4)36(31,32)17-7-5-6-14(10-17)23(24,25)26/h5-11,16H,12-13H2,1-4H3,(H,27,30). The molecule has 2 aromatic carbocycles. The second kappa shape index (κ2) is 9.88. The zero-order chi connectivity index (χ0) is 26.9. The van der Waals surface area contributed by atoms with Gasteiger partial charge in [0.1, 0.15) is 17.5 Å². The van der Waals surface area contributed by atoms with Crippen LogP contribution in [0.5, 0.6) is 5.75 Å². The number of benzene rings is 2. The van der Waals surface area contributed by atoms with Crippen molar-refractivity contribution in [2.75, 3.05) is 23.3 Å². The Hall–Kier alpha value is -3.48. The number of halogens is 3. The number of fused-ring (bicyclic) bond motifs is 1. The molecule has 1 aliphatic rings. The highest BCUT2D eigenvalue weighted by Gasteiger charge is 2.38. The zero-order valence-electron chi connectivity index (χ0n) is 19.9. The molecule has 0 aliphatic carbocycles. The van der Waals surface area contributed by atoms with Crippen molar-refractivity contribution in [2.45, 2.75) is 50.0 Å². The quantitative estimate of drug-likeness (QED) is 0.564. The Balaban J connectivity index is 2.04. The molecule has 3 rings (SSSR count). The van der Waals surface area contributed by atoms with E-state index in [0.717, 1.165) is 29.6 Å². The number of nitrogens with zero attached hydrogens (tertiary/aromatic N) is 1. The molecule has 0 spiro atoms. The molecule has 0 aromatic heterocycles. The van der Waals surface area contributed by atoms with Gasteiger partial charge in [0.25, 0.3) is 10.0 Å². The Kier molecular flexibility index (Phi) is 7.44. The molecule has 1 amide bonds. The van der Waals surface area contributed by atoms with Crippen LogP contribution in [0.2, 0.25) is 0 Å². The maximum Gasteiger partial charge on any atom is 0.416 e. The number of nitrogens with one attached hydrogen (secondary N) is 1. The zero-order valence-corrected chi connectivity index (χ0v) is 20.7. The van der Waals surface area contributed by atoms with Crippen LogP contribution in [0.15, 0.2) is 47.4 Å². The van der Waals surface area contributed by atoms with Crippen LogP contribution < -0.4 is 14.4 Å². The van der Waals surface area contributed by atoms with Gasteiger partial charge in [-0.05, 0) is 57.2 Å². The maximum absolute atomic E-state index is 13.5. The van der Waals surface area contributed by atoms with Crippen molar-refractivity contribution in [3.8, 4) is 5.75 Å². The molecule has 36 heavy (non-hydrogen) atoms. The Morgan fingerprint density at radius 1 is 1.14 bits per heavy atom. The van der Waals surface area contributed by atoms with Gasteiger partial charge in [-0.25, -0.2) is 13.2 Å². The summed E-state index contributed by atoms with van der Waals surface area (Å²) in [7, 11) is -3.39. The van der Waals surface area contributed by atoms with Gasteiger partial charge in [0.2, 0.25) is 0 Å². The minimum Gasteiger partial charge on any atom is -0.486 e. The summed E-state index contributed by atoms with van der Waals surface area (Å²) in [5.74, 6) is -0.622. The SMILES string of the molecule is COC(=O)CC1CN(S(=O)(=O)c2cccc(C(F)(F)F)c2)c2cc(NC(=O)OC(C)(C)C)ccc2O1. The number of sulfonamides is 1. The molecule has 1 N–H and O–H groups in total. The van der Waals surface area contributed by atoms with E-state index in [-0.39, 0.29) is 23.5 Å². The van der Waals surface area contributed by atoms with Gasteiger partial charge in [0, 0.05) is 5.69 Å². The summed E-state index contributed by atoms with van der Waals surface area (Å²) in [6.45, 7) is 4.60. The van der Waals surface area contributed by atoms with E-state index in [9.17, 15) is 31.2 Å². The minimum absolute atomic E-state index is 0.0397. The summed E-state index contributed by atoms with van der Waals surface area (Å²) >= 11 is 0. The summed E-state index contributed by atoms with van der Waals surface area (Å²) in [6.07, 6.45) is -6.83. The van der Waals surface area contributed by atoms with E-state index in [4.69, 9.17) is 9.47 Å². The molecule has 13 heteroatoms. The van der Waals surface area contributed by atoms with Gasteiger partial charge in [0.15, 0.2) is 0 Å². The number of hydrogen-bond acceptors (Lipinski definition) is 7. The minimum atomic E-state index is -4.76. The third-order valence-corrected chi connectivity index (χ3v) is 6.68. The van der Waals surface area contributed by atoms with Crippen LogP contribution in [0.1, 0.15) is 32.8 Å². The summed E-state index contributed by atoms with van der Waals surface area (Å²) in [4.78, 5) is 23.4. The number of carbonyl (C=O) groups is 2. The number of methoxy groups -OCH3 is 1. The average Bonchev–Trinajstić information content (AvgIpc) is 2.76. The number of amides is 1. The van der Waals surface area contributed by atoms with Gasteiger partial charge >= 0.3 is 18.2 Å². The second-order valence-corrected chi connectivity index (χ2v) is 10.8. The highest BCUT2D eigenvalue weighted by atomic mass is 32.2. The van der Waals surface area contributed by atoms with Crippen LogP contribution in [0.25, 0.3) is 0 Å². The largest absolute Gasteiger partial charge is 0.486 e. The second-order valence-electron chi connectivity index (χ2n) is 8.89. The first-order chi connectivity index (χ1) is 16.6. The predicted octanol–water partition coefficient (Wildman–Crippen LogP) is 4.57. The van der Waals surface area contributed by atoms with Crippen LogP contribution in [-0.4, -0.2) is 45.8 Å². The molecule has 0 fully saturated rings. The fraction of sp³-hybridized carbons (Fsp3) is 0.391. The third-order valence-electron chi connectivity index (χ3n) is 4.91. The highest BCUT2D eigenvalue weighted by molar-refractivity contribution is 7.92. The van der Waals surface area contributed by atoms with E-state index in [2.05, 4.69) is 10.1 Å². The lowest BCUT2D eigenvalue weighted by atomic mass is 10.1.